The zero-order valence-electron chi connectivity index (χ0n) is 23.4. The molecule has 2 heteroatoms. The minimum Gasteiger partial charge on any atom is -0.337 e. The van der Waals surface area contributed by atoms with Crippen molar-refractivity contribution in [2.24, 2.45) is 0 Å². The van der Waals surface area contributed by atoms with Gasteiger partial charge in [-0.25, -0.2) is 0 Å². The Hall–Kier alpha value is -5.08. The lowest BCUT2D eigenvalue weighted by atomic mass is 9.99. The van der Waals surface area contributed by atoms with Crippen molar-refractivity contribution in [2.75, 3.05) is 0 Å². The third kappa shape index (κ3) is 3.45. The molecule has 0 saturated heterocycles. The van der Waals surface area contributed by atoms with Gasteiger partial charge < -0.3 is 9.13 Å². The first-order chi connectivity index (χ1) is 20.8. The summed E-state index contributed by atoms with van der Waals surface area (Å²) in [7, 11) is 0. The van der Waals surface area contributed by atoms with Gasteiger partial charge in [-0.15, -0.1) is 0 Å². The van der Waals surface area contributed by atoms with E-state index in [2.05, 4.69) is 149 Å². The van der Waals surface area contributed by atoms with E-state index in [0.717, 1.165) is 19.3 Å². The van der Waals surface area contributed by atoms with Crippen LogP contribution in [0.25, 0.3) is 66.4 Å². The molecule has 9 rings (SSSR count). The van der Waals surface area contributed by atoms with Crippen LogP contribution in [0.2, 0.25) is 0 Å². The molecule has 2 aliphatic rings. The number of rotatable bonds is 3. The van der Waals surface area contributed by atoms with E-state index in [0.29, 0.717) is 6.04 Å². The molecule has 0 fully saturated rings. The molecule has 0 spiro atoms. The molecule has 200 valence electrons. The second-order valence-corrected chi connectivity index (χ2v) is 11.6. The zero-order chi connectivity index (χ0) is 27.6. The average Bonchev–Trinajstić information content (AvgIpc) is 3.57. The van der Waals surface area contributed by atoms with Crippen molar-refractivity contribution >= 4 is 49.6 Å². The summed E-state index contributed by atoms with van der Waals surface area (Å²) in [5.41, 5.74) is 10.4. The lowest BCUT2D eigenvalue weighted by molar-refractivity contribution is 0.599. The Bertz CT molecular complexity index is 2280. The van der Waals surface area contributed by atoms with E-state index in [1.165, 1.54) is 71.6 Å². The number of hydrogen-bond acceptors (Lipinski definition) is 0. The van der Waals surface area contributed by atoms with E-state index >= 15 is 0 Å². The summed E-state index contributed by atoms with van der Waals surface area (Å²) in [6, 6.07) is 38.6. The number of allylic oxidation sites excluding steroid dienone is 5. The smallest absolute Gasteiger partial charge is 0.0557 e. The average molecular weight is 539 g/mol. The first-order valence-corrected chi connectivity index (χ1v) is 15.0. The molecule has 0 amide bonds. The molecular weight excluding hydrogens is 508 g/mol. The van der Waals surface area contributed by atoms with Crippen molar-refractivity contribution in [3.8, 4) is 16.8 Å². The molecule has 2 heterocycles. The van der Waals surface area contributed by atoms with Crippen LogP contribution < -0.4 is 0 Å². The second kappa shape index (κ2) is 9.22. The fourth-order valence-corrected chi connectivity index (χ4v) is 7.38. The third-order valence-corrected chi connectivity index (χ3v) is 9.28. The summed E-state index contributed by atoms with van der Waals surface area (Å²) < 4.78 is 5.05. The van der Waals surface area contributed by atoms with Crippen LogP contribution in [0.5, 0.6) is 0 Å². The van der Waals surface area contributed by atoms with Gasteiger partial charge in [-0.3, -0.25) is 0 Å². The van der Waals surface area contributed by atoms with Crippen molar-refractivity contribution < 1.29 is 0 Å². The van der Waals surface area contributed by atoms with Crippen LogP contribution >= 0.6 is 0 Å². The summed E-state index contributed by atoms with van der Waals surface area (Å²) in [5.74, 6) is 0. The van der Waals surface area contributed by atoms with Crippen LogP contribution in [0.4, 0.5) is 0 Å². The summed E-state index contributed by atoms with van der Waals surface area (Å²) in [5, 5.41) is 6.46. The Morgan fingerprint density at radius 2 is 1.40 bits per heavy atom. The summed E-state index contributed by atoms with van der Waals surface area (Å²) >= 11 is 0. The maximum absolute atomic E-state index is 2.61. The van der Waals surface area contributed by atoms with Gasteiger partial charge in [0.2, 0.25) is 0 Å². The van der Waals surface area contributed by atoms with E-state index in [9.17, 15) is 0 Å². The molecule has 0 radical (unpaired) electrons. The van der Waals surface area contributed by atoms with Crippen molar-refractivity contribution in [1.29, 1.82) is 0 Å². The van der Waals surface area contributed by atoms with Gasteiger partial charge in [0.25, 0.3) is 0 Å². The van der Waals surface area contributed by atoms with Crippen LogP contribution in [0.3, 0.4) is 0 Å². The van der Waals surface area contributed by atoms with Gasteiger partial charge in [-0.2, -0.15) is 0 Å². The minimum absolute atomic E-state index is 0.365. The largest absolute Gasteiger partial charge is 0.337 e. The van der Waals surface area contributed by atoms with Crippen molar-refractivity contribution in [1.82, 2.24) is 9.13 Å². The number of hydrogen-bond donors (Lipinski definition) is 0. The number of nitrogens with zero attached hydrogens (tertiary/aromatic N) is 2. The van der Waals surface area contributed by atoms with Crippen molar-refractivity contribution in [2.45, 2.75) is 25.3 Å². The first kappa shape index (κ1) is 23.6. The van der Waals surface area contributed by atoms with Gasteiger partial charge >= 0.3 is 0 Å². The highest BCUT2D eigenvalue weighted by Gasteiger charge is 2.22. The molecule has 0 N–H and O–H groups in total. The predicted octanol–water partition coefficient (Wildman–Crippen LogP) is 10.6. The zero-order valence-corrected chi connectivity index (χ0v) is 23.4. The first-order valence-electron chi connectivity index (χ1n) is 15.0. The summed E-state index contributed by atoms with van der Waals surface area (Å²) in [6.45, 7) is 0. The topological polar surface area (TPSA) is 9.86 Å². The fraction of sp³-hybridized carbons (Fsp3) is 0.100. The number of benzene rings is 5. The van der Waals surface area contributed by atoms with Crippen LogP contribution in [-0.4, -0.2) is 9.13 Å². The van der Waals surface area contributed by atoms with Crippen LogP contribution in [0.15, 0.2) is 134 Å². The number of aromatic nitrogens is 2. The molecule has 1 unspecified atom stereocenters. The lowest BCUT2D eigenvalue weighted by Gasteiger charge is -2.21. The Kier molecular flexibility index (Phi) is 5.18. The molecular formula is C40H30N2. The van der Waals surface area contributed by atoms with Gasteiger partial charge in [0, 0.05) is 32.8 Å². The Morgan fingerprint density at radius 3 is 2.33 bits per heavy atom. The van der Waals surface area contributed by atoms with E-state index in [4.69, 9.17) is 0 Å². The molecule has 0 saturated carbocycles. The molecule has 2 aliphatic carbocycles. The molecule has 1 atom stereocenters. The highest BCUT2D eigenvalue weighted by atomic mass is 15.0. The fourth-order valence-electron chi connectivity index (χ4n) is 7.38. The van der Waals surface area contributed by atoms with Crippen LogP contribution in [0.1, 0.15) is 30.1 Å². The molecule has 2 nitrogen and oxygen atoms in total. The SMILES string of the molecule is C1=CCC(n2c3c(c4ccc(-c5ccc6c(c5)c5ccccc5n6-c5cccc6ccccc56)cc42)C=CCC3)C=C1. The normalized spacial score (nSPS) is 16.2. The molecule has 42 heavy (non-hydrogen) atoms. The van der Waals surface area contributed by atoms with E-state index in [-0.39, 0.29) is 0 Å². The van der Waals surface area contributed by atoms with Crippen LogP contribution in [0, 0.1) is 0 Å². The van der Waals surface area contributed by atoms with Crippen molar-refractivity contribution in [3.05, 3.63) is 145 Å². The minimum atomic E-state index is 0.365. The number of para-hydroxylation sites is 1. The highest BCUT2D eigenvalue weighted by Crippen LogP contribution is 2.40. The third-order valence-electron chi connectivity index (χ3n) is 9.28. The molecule has 2 aromatic heterocycles. The van der Waals surface area contributed by atoms with E-state index in [1.807, 2.05) is 0 Å². The van der Waals surface area contributed by atoms with E-state index in [1.54, 1.807) is 0 Å². The van der Waals surface area contributed by atoms with Gasteiger partial charge in [-0.1, -0.05) is 109 Å². The quantitative estimate of drug-likeness (QED) is 0.212. The molecule has 7 aromatic rings. The monoisotopic (exact) mass is 538 g/mol. The second-order valence-electron chi connectivity index (χ2n) is 11.6. The summed E-state index contributed by atoms with van der Waals surface area (Å²) in [4.78, 5) is 0. The molecule has 0 bridgehead atoms. The van der Waals surface area contributed by atoms with Gasteiger partial charge in [0.1, 0.15) is 0 Å². The lowest BCUT2D eigenvalue weighted by Crippen LogP contribution is -2.11. The highest BCUT2D eigenvalue weighted by molar-refractivity contribution is 6.12. The number of fused-ring (bicyclic) bond motifs is 7. The van der Waals surface area contributed by atoms with Crippen LogP contribution in [-0.2, 0) is 6.42 Å². The maximum atomic E-state index is 2.61. The maximum Gasteiger partial charge on any atom is 0.0557 e. The Balaban J connectivity index is 1.26. The van der Waals surface area contributed by atoms with Gasteiger partial charge in [0.15, 0.2) is 0 Å². The molecule has 5 aromatic carbocycles. The van der Waals surface area contributed by atoms with E-state index < -0.39 is 0 Å². The van der Waals surface area contributed by atoms with Crippen molar-refractivity contribution in [3.63, 3.8) is 0 Å². The standard InChI is InChI=1S/C40H30N2/c1-2-13-30(14-3-1)41-37-18-8-6-16-32(37)34-23-21-29(26-40(34)41)28-22-24-39-35(25-28)33-17-7-9-19-38(33)42(39)36-20-10-12-27-11-4-5-15-31(27)36/h1-7,9-13,15-17,19-26,30H,8,14,18H2. The summed E-state index contributed by atoms with van der Waals surface area (Å²) in [6.07, 6.45) is 17.0. The predicted molar refractivity (Wildman–Crippen MR) is 179 cm³/mol. The van der Waals surface area contributed by atoms with Gasteiger partial charge in [-0.05, 0) is 66.1 Å². The molecule has 0 aliphatic heterocycles. The Morgan fingerprint density at radius 1 is 0.595 bits per heavy atom. The van der Waals surface area contributed by atoms with Gasteiger partial charge in [0.05, 0.1) is 28.3 Å². The Labute approximate surface area is 245 Å².